The molecule has 0 aliphatic carbocycles. The number of ether oxygens (including phenoxy) is 1. The third-order valence-corrected chi connectivity index (χ3v) is 5.61. The molecule has 3 rings (SSSR count). The number of rotatable bonds is 5. The van der Waals surface area contributed by atoms with Crippen LogP contribution in [0.1, 0.15) is 15.9 Å². The first-order chi connectivity index (χ1) is 14.0. The first kappa shape index (κ1) is 20.9. The van der Waals surface area contributed by atoms with Crippen LogP contribution in [0.15, 0.2) is 42.5 Å². The quantitative estimate of drug-likeness (QED) is 0.443. The van der Waals surface area contributed by atoms with Crippen molar-refractivity contribution in [2.75, 3.05) is 36.6 Å². The number of methoxy groups -OCH3 is 1. The van der Waals surface area contributed by atoms with E-state index in [0.717, 1.165) is 17.6 Å². The summed E-state index contributed by atoms with van der Waals surface area (Å²) in [5.74, 6) is 6.36. The van der Waals surface area contributed by atoms with Crippen LogP contribution >= 0.6 is 11.8 Å². The van der Waals surface area contributed by atoms with Crippen molar-refractivity contribution in [3.05, 3.63) is 59.4 Å². The molecule has 3 amide bonds. The number of benzene rings is 2. The lowest BCUT2D eigenvalue weighted by atomic mass is 10.1. The van der Waals surface area contributed by atoms with Gasteiger partial charge in [0, 0.05) is 41.4 Å². The summed E-state index contributed by atoms with van der Waals surface area (Å²) < 4.78 is 19.8. The number of carbonyl (C=O) groups is 2. The van der Waals surface area contributed by atoms with Crippen LogP contribution < -0.4 is 20.9 Å². The molecule has 154 valence electrons. The van der Waals surface area contributed by atoms with Gasteiger partial charge in [-0.3, -0.25) is 15.1 Å². The second-order valence-corrected chi connectivity index (χ2v) is 7.67. The average Bonchev–Trinajstić information content (AvgIpc) is 2.78. The van der Waals surface area contributed by atoms with E-state index in [0.29, 0.717) is 30.1 Å². The summed E-state index contributed by atoms with van der Waals surface area (Å²) in [7, 11) is 1.57. The minimum atomic E-state index is -0.579. The van der Waals surface area contributed by atoms with Gasteiger partial charge in [-0.15, -0.1) is 0 Å². The number of nitrogens with two attached hydrogens (primary N) is 1. The molecule has 1 heterocycles. The summed E-state index contributed by atoms with van der Waals surface area (Å²) in [6, 6.07) is 11.0. The topological polar surface area (TPSA) is 87.9 Å². The van der Waals surface area contributed by atoms with Crippen LogP contribution in [-0.2, 0) is 6.54 Å². The predicted octanol–water partition coefficient (Wildman–Crippen LogP) is 2.61. The summed E-state index contributed by atoms with van der Waals surface area (Å²) in [6.07, 6.45) is 0. The van der Waals surface area contributed by atoms with Crippen molar-refractivity contribution < 1.29 is 18.7 Å². The van der Waals surface area contributed by atoms with Gasteiger partial charge < -0.3 is 9.64 Å². The third kappa shape index (κ3) is 4.99. The lowest BCUT2D eigenvalue weighted by Gasteiger charge is -2.33. The van der Waals surface area contributed by atoms with Crippen molar-refractivity contribution in [3.8, 4) is 5.75 Å². The van der Waals surface area contributed by atoms with Crippen LogP contribution in [-0.4, -0.2) is 48.5 Å². The zero-order valence-corrected chi connectivity index (χ0v) is 16.9. The molecule has 0 radical (unpaired) electrons. The van der Waals surface area contributed by atoms with Crippen molar-refractivity contribution in [2.45, 2.75) is 6.54 Å². The molecule has 0 bridgehead atoms. The van der Waals surface area contributed by atoms with Gasteiger partial charge in [-0.2, -0.15) is 11.8 Å². The molecule has 2 aromatic rings. The summed E-state index contributed by atoms with van der Waals surface area (Å²) in [5, 5.41) is 0. The number of halogens is 1. The standard InChI is InChI=1S/C20H23FN4O3S/c1-28-17-6-4-16(5-7-17)25(20(27)24-8-10-29-11-9-24)13-15-3-2-14(12-18(15)21)19(26)23-22/h2-7,12H,8-11,13,22H2,1H3,(H,23,26). The van der Waals surface area contributed by atoms with Crippen LogP contribution in [0, 0.1) is 5.82 Å². The Morgan fingerprint density at radius 3 is 2.48 bits per heavy atom. The molecular formula is C20H23FN4O3S. The predicted molar refractivity (Wildman–Crippen MR) is 112 cm³/mol. The number of hydrogen-bond acceptors (Lipinski definition) is 5. The van der Waals surface area contributed by atoms with E-state index in [1.54, 1.807) is 48.0 Å². The smallest absolute Gasteiger partial charge is 0.324 e. The van der Waals surface area contributed by atoms with Gasteiger partial charge in [-0.05, 0) is 36.4 Å². The second kappa shape index (κ2) is 9.62. The van der Waals surface area contributed by atoms with Crippen LogP contribution in [0.5, 0.6) is 5.75 Å². The molecule has 3 N–H and O–H groups in total. The fourth-order valence-corrected chi connectivity index (χ4v) is 3.93. The van der Waals surface area contributed by atoms with Crippen LogP contribution in [0.4, 0.5) is 14.9 Å². The highest BCUT2D eigenvalue weighted by Gasteiger charge is 2.25. The van der Waals surface area contributed by atoms with E-state index >= 15 is 0 Å². The number of carbonyl (C=O) groups excluding carboxylic acids is 2. The number of anilines is 1. The van der Waals surface area contributed by atoms with Crippen molar-refractivity contribution in [3.63, 3.8) is 0 Å². The van der Waals surface area contributed by atoms with Gasteiger partial charge in [-0.25, -0.2) is 15.0 Å². The van der Waals surface area contributed by atoms with Crippen molar-refractivity contribution in [1.29, 1.82) is 0 Å². The molecule has 0 unspecified atom stereocenters. The minimum Gasteiger partial charge on any atom is -0.497 e. The molecule has 1 aliphatic rings. The zero-order valence-electron chi connectivity index (χ0n) is 16.1. The largest absolute Gasteiger partial charge is 0.497 e. The first-order valence-electron chi connectivity index (χ1n) is 9.11. The number of hydrogen-bond donors (Lipinski definition) is 2. The molecule has 1 fully saturated rings. The number of thioether (sulfide) groups is 1. The van der Waals surface area contributed by atoms with Gasteiger partial charge in [0.15, 0.2) is 0 Å². The Labute approximate surface area is 173 Å². The molecule has 0 aromatic heterocycles. The Kier molecular flexibility index (Phi) is 6.95. The number of hydrazine groups is 1. The third-order valence-electron chi connectivity index (χ3n) is 4.67. The lowest BCUT2D eigenvalue weighted by molar-refractivity contribution is 0.0953. The first-order valence-corrected chi connectivity index (χ1v) is 10.3. The van der Waals surface area contributed by atoms with Crippen molar-refractivity contribution in [2.24, 2.45) is 5.84 Å². The van der Waals surface area contributed by atoms with Crippen LogP contribution in [0.3, 0.4) is 0 Å². The second-order valence-electron chi connectivity index (χ2n) is 6.45. The van der Waals surface area contributed by atoms with Gasteiger partial charge in [-0.1, -0.05) is 6.07 Å². The summed E-state index contributed by atoms with van der Waals surface area (Å²) in [6.45, 7) is 1.33. The fraction of sp³-hybridized carbons (Fsp3) is 0.300. The maximum atomic E-state index is 14.7. The van der Waals surface area contributed by atoms with E-state index in [4.69, 9.17) is 10.6 Å². The Hall–Kier alpha value is -2.78. The lowest BCUT2D eigenvalue weighted by Crippen LogP contribution is -2.46. The fourth-order valence-electron chi connectivity index (χ4n) is 3.03. The molecule has 1 aliphatic heterocycles. The molecule has 1 saturated heterocycles. The van der Waals surface area contributed by atoms with E-state index in [1.807, 2.05) is 5.43 Å². The van der Waals surface area contributed by atoms with E-state index in [2.05, 4.69) is 0 Å². The SMILES string of the molecule is COc1ccc(N(Cc2ccc(C(=O)NN)cc2F)C(=O)N2CCSCC2)cc1. The van der Waals surface area contributed by atoms with Crippen LogP contribution in [0.2, 0.25) is 0 Å². The maximum absolute atomic E-state index is 14.7. The van der Waals surface area contributed by atoms with E-state index in [1.165, 1.54) is 17.0 Å². The molecule has 7 nitrogen and oxygen atoms in total. The molecule has 29 heavy (non-hydrogen) atoms. The number of urea groups is 1. The number of amides is 3. The Balaban J connectivity index is 1.90. The number of nitrogen functional groups attached to an aromatic ring is 1. The average molecular weight is 418 g/mol. The summed E-state index contributed by atoms with van der Waals surface area (Å²) >= 11 is 1.80. The van der Waals surface area contributed by atoms with E-state index in [9.17, 15) is 14.0 Å². The molecule has 0 atom stereocenters. The van der Waals surface area contributed by atoms with Gasteiger partial charge in [0.05, 0.1) is 13.7 Å². The summed E-state index contributed by atoms with van der Waals surface area (Å²) in [4.78, 5) is 28.1. The highest BCUT2D eigenvalue weighted by Crippen LogP contribution is 2.25. The normalized spacial score (nSPS) is 13.7. The number of nitrogens with one attached hydrogen (secondary N) is 1. The monoisotopic (exact) mass is 418 g/mol. The number of nitrogens with zero attached hydrogens (tertiary/aromatic N) is 2. The molecule has 2 aromatic carbocycles. The minimum absolute atomic E-state index is 0.0329. The Bertz CT molecular complexity index is 873. The van der Waals surface area contributed by atoms with E-state index in [-0.39, 0.29) is 18.1 Å². The molecular weight excluding hydrogens is 395 g/mol. The van der Waals surface area contributed by atoms with Crippen LogP contribution in [0.25, 0.3) is 0 Å². The van der Waals surface area contributed by atoms with Gasteiger partial charge in [0.1, 0.15) is 11.6 Å². The van der Waals surface area contributed by atoms with Crippen molar-refractivity contribution >= 4 is 29.4 Å². The van der Waals surface area contributed by atoms with Gasteiger partial charge in [0.25, 0.3) is 5.91 Å². The van der Waals surface area contributed by atoms with Gasteiger partial charge >= 0.3 is 6.03 Å². The molecule has 0 spiro atoms. The Morgan fingerprint density at radius 1 is 1.21 bits per heavy atom. The zero-order chi connectivity index (χ0) is 20.8. The molecule has 0 saturated carbocycles. The maximum Gasteiger partial charge on any atom is 0.324 e. The Morgan fingerprint density at radius 2 is 1.90 bits per heavy atom. The highest BCUT2D eigenvalue weighted by molar-refractivity contribution is 7.99. The summed E-state index contributed by atoms with van der Waals surface area (Å²) in [5.41, 5.74) is 3.03. The van der Waals surface area contributed by atoms with Gasteiger partial charge in [0.2, 0.25) is 0 Å². The van der Waals surface area contributed by atoms with E-state index < -0.39 is 11.7 Å². The molecule has 9 heteroatoms. The highest BCUT2D eigenvalue weighted by atomic mass is 32.2. The van der Waals surface area contributed by atoms with Crippen molar-refractivity contribution in [1.82, 2.24) is 10.3 Å².